The molecule has 1 aromatic carbocycles. The molecule has 2 N–H and O–H groups in total. The smallest absolute Gasteiger partial charge is 0.326 e. The zero-order valence-corrected chi connectivity index (χ0v) is 11.1. The van der Waals surface area contributed by atoms with Gasteiger partial charge in [-0.05, 0) is 25.0 Å². The molecule has 20 heavy (non-hydrogen) atoms. The lowest BCUT2D eigenvalue weighted by atomic mass is 10.1. The summed E-state index contributed by atoms with van der Waals surface area (Å²) in [6, 6.07) is 2.83. The maximum absolute atomic E-state index is 13.7. The van der Waals surface area contributed by atoms with E-state index in [-0.39, 0.29) is 17.7 Å². The Kier molecular flexibility index (Phi) is 5.71. The van der Waals surface area contributed by atoms with Crippen LogP contribution in [0.4, 0.5) is 4.39 Å². The van der Waals surface area contributed by atoms with Gasteiger partial charge in [0.25, 0.3) is 5.91 Å². The highest BCUT2D eigenvalue weighted by Gasteiger charge is 2.24. The molecule has 1 amide bonds. The van der Waals surface area contributed by atoms with Gasteiger partial charge < -0.3 is 15.2 Å². The lowest BCUT2D eigenvalue weighted by molar-refractivity contribution is -0.139. The minimum Gasteiger partial charge on any atom is -0.496 e. The first-order chi connectivity index (χ1) is 9.51. The third kappa shape index (κ3) is 3.81. The number of carbonyl (C=O) groups is 2. The van der Waals surface area contributed by atoms with Crippen molar-refractivity contribution in [2.24, 2.45) is 0 Å². The van der Waals surface area contributed by atoms with E-state index in [1.165, 1.54) is 19.2 Å². The molecule has 6 heteroatoms. The zero-order valence-electron chi connectivity index (χ0n) is 11.1. The Balaban J connectivity index is 2.94. The molecule has 0 saturated heterocycles. The van der Waals surface area contributed by atoms with Crippen LogP contribution in [0.25, 0.3) is 0 Å². The number of carboxylic acids is 1. The van der Waals surface area contributed by atoms with Crippen molar-refractivity contribution in [2.45, 2.75) is 18.9 Å². The Morgan fingerprint density at radius 2 is 2.25 bits per heavy atom. The first kappa shape index (κ1) is 15.7. The van der Waals surface area contributed by atoms with E-state index in [9.17, 15) is 14.0 Å². The second-order valence-corrected chi connectivity index (χ2v) is 4.05. The van der Waals surface area contributed by atoms with Crippen molar-refractivity contribution in [1.29, 1.82) is 0 Å². The average Bonchev–Trinajstić information content (AvgIpc) is 2.42. The van der Waals surface area contributed by atoms with Crippen LogP contribution in [0.5, 0.6) is 5.75 Å². The molecule has 0 aliphatic carbocycles. The predicted octanol–water partition coefficient (Wildman–Crippen LogP) is 1.98. The highest BCUT2D eigenvalue weighted by atomic mass is 19.1. The van der Waals surface area contributed by atoms with E-state index in [0.29, 0.717) is 6.42 Å². The van der Waals surface area contributed by atoms with Crippen molar-refractivity contribution >= 4 is 11.9 Å². The van der Waals surface area contributed by atoms with Crippen LogP contribution in [-0.2, 0) is 4.79 Å². The molecule has 5 nitrogen and oxygen atoms in total. The number of allylic oxidation sites excluding steroid dienone is 1. The van der Waals surface area contributed by atoms with E-state index in [2.05, 4.69) is 11.9 Å². The molecule has 1 rings (SSSR count). The van der Waals surface area contributed by atoms with Gasteiger partial charge in [0.2, 0.25) is 0 Å². The molecule has 0 spiro atoms. The fourth-order valence-electron chi connectivity index (χ4n) is 1.67. The van der Waals surface area contributed by atoms with Crippen molar-refractivity contribution in [3.05, 3.63) is 42.2 Å². The van der Waals surface area contributed by atoms with Gasteiger partial charge in [-0.3, -0.25) is 4.79 Å². The Labute approximate surface area is 116 Å². The average molecular weight is 281 g/mol. The molecule has 0 bridgehead atoms. The lowest BCUT2D eigenvalue weighted by Crippen LogP contribution is -2.41. The molecule has 1 unspecified atom stereocenters. The largest absolute Gasteiger partial charge is 0.496 e. The fraction of sp³-hybridized carbons (Fsp3) is 0.286. The summed E-state index contributed by atoms with van der Waals surface area (Å²) >= 11 is 0. The summed E-state index contributed by atoms with van der Waals surface area (Å²) in [5.74, 6) is -2.73. The van der Waals surface area contributed by atoms with E-state index < -0.39 is 23.7 Å². The zero-order chi connectivity index (χ0) is 15.1. The summed E-state index contributed by atoms with van der Waals surface area (Å²) < 4.78 is 18.6. The van der Waals surface area contributed by atoms with E-state index in [4.69, 9.17) is 9.84 Å². The van der Waals surface area contributed by atoms with Gasteiger partial charge in [-0.15, -0.1) is 6.58 Å². The normalized spacial score (nSPS) is 11.5. The summed E-state index contributed by atoms with van der Waals surface area (Å²) in [6.07, 6.45) is 2.15. The minimum atomic E-state index is -1.18. The van der Waals surface area contributed by atoms with Crippen LogP contribution in [0.15, 0.2) is 30.9 Å². The maximum Gasteiger partial charge on any atom is 0.326 e. The second-order valence-electron chi connectivity index (χ2n) is 4.05. The van der Waals surface area contributed by atoms with Crippen molar-refractivity contribution in [3.63, 3.8) is 0 Å². The summed E-state index contributed by atoms with van der Waals surface area (Å²) in [6.45, 7) is 3.49. The molecule has 108 valence electrons. The van der Waals surface area contributed by atoms with Crippen LogP contribution in [0.1, 0.15) is 23.2 Å². The lowest BCUT2D eigenvalue weighted by Gasteiger charge is -2.15. The molecule has 0 fully saturated rings. The monoisotopic (exact) mass is 281 g/mol. The van der Waals surface area contributed by atoms with Gasteiger partial charge in [-0.2, -0.15) is 0 Å². The number of aliphatic carboxylic acids is 1. The van der Waals surface area contributed by atoms with Crippen molar-refractivity contribution in [1.82, 2.24) is 5.32 Å². The number of amides is 1. The van der Waals surface area contributed by atoms with Gasteiger partial charge in [0.05, 0.1) is 7.11 Å². The minimum absolute atomic E-state index is 0.0513. The van der Waals surface area contributed by atoms with Crippen LogP contribution < -0.4 is 10.1 Å². The number of ether oxygens (including phenoxy) is 1. The number of carboxylic acid groups (broad SMARTS) is 1. The standard InChI is InChI=1S/C14H16FNO4/c1-3-4-7-10(14(18)19)16-13(17)12-9(15)6-5-8-11(12)20-2/h3,5-6,8,10H,1,4,7H2,2H3,(H,16,17)(H,18,19). The van der Waals surface area contributed by atoms with Gasteiger partial charge in [-0.25, -0.2) is 9.18 Å². The van der Waals surface area contributed by atoms with Crippen molar-refractivity contribution in [2.75, 3.05) is 7.11 Å². The fourth-order valence-corrected chi connectivity index (χ4v) is 1.67. The highest BCUT2D eigenvalue weighted by Crippen LogP contribution is 2.21. The predicted molar refractivity (Wildman–Crippen MR) is 71.3 cm³/mol. The van der Waals surface area contributed by atoms with Gasteiger partial charge in [0.1, 0.15) is 23.2 Å². The molecule has 0 radical (unpaired) electrons. The van der Waals surface area contributed by atoms with E-state index in [1.807, 2.05) is 0 Å². The van der Waals surface area contributed by atoms with Crippen LogP contribution in [-0.4, -0.2) is 30.1 Å². The van der Waals surface area contributed by atoms with E-state index in [0.717, 1.165) is 6.07 Å². The Morgan fingerprint density at radius 3 is 2.80 bits per heavy atom. The number of hydrogen-bond acceptors (Lipinski definition) is 3. The first-order valence-corrected chi connectivity index (χ1v) is 5.98. The molecule has 1 atom stereocenters. The van der Waals surface area contributed by atoms with Crippen molar-refractivity contribution in [3.8, 4) is 5.75 Å². The van der Waals surface area contributed by atoms with Gasteiger partial charge in [-0.1, -0.05) is 12.1 Å². The molecular weight excluding hydrogens is 265 g/mol. The van der Waals surface area contributed by atoms with Crippen LogP contribution in [0, 0.1) is 5.82 Å². The van der Waals surface area contributed by atoms with Crippen LogP contribution in [0.2, 0.25) is 0 Å². The molecule has 1 aromatic rings. The van der Waals surface area contributed by atoms with E-state index >= 15 is 0 Å². The van der Waals surface area contributed by atoms with E-state index in [1.54, 1.807) is 6.08 Å². The maximum atomic E-state index is 13.7. The second kappa shape index (κ2) is 7.28. The summed E-state index contributed by atoms with van der Waals surface area (Å²) in [4.78, 5) is 23.0. The Hall–Kier alpha value is -2.37. The van der Waals surface area contributed by atoms with Gasteiger partial charge in [0, 0.05) is 0 Å². The SMILES string of the molecule is C=CCCC(NC(=O)c1c(F)cccc1OC)C(=O)O. The Morgan fingerprint density at radius 1 is 1.55 bits per heavy atom. The number of rotatable bonds is 7. The number of hydrogen-bond donors (Lipinski definition) is 2. The molecule has 0 heterocycles. The Bertz CT molecular complexity index is 516. The highest BCUT2D eigenvalue weighted by molar-refractivity contribution is 5.99. The van der Waals surface area contributed by atoms with Gasteiger partial charge >= 0.3 is 5.97 Å². The molecule has 0 saturated carbocycles. The van der Waals surface area contributed by atoms with Crippen LogP contribution >= 0.6 is 0 Å². The first-order valence-electron chi connectivity index (χ1n) is 5.98. The number of nitrogens with one attached hydrogen (secondary N) is 1. The number of benzene rings is 1. The molecule has 0 aromatic heterocycles. The number of methoxy groups -OCH3 is 1. The van der Waals surface area contributed by atoms with Crippen LogP contribution in [0.3, 0.4) is 0 Å². The van der Waals surface area contributed by atoms with Crippen molar-refractivity contribution < 1.29 is 23.8 Å². The number of halogens is 1. The summed E-state index contributed by atoms with van der Waals surface area (Å²) in [5.41, 5.74) is -0.306. The summed E-state index contributed by atoms with van der Waals surface area (Å²) in [7, 11) is 1.30. The van der Waals surface area contributed by atoms with Gasteiger partial charge in [0.15, 0.2) is 0 Å². The quantitative estimate of drug-likeness (QED) is 0.749. The number of carbonyl (C=O) groups excluding carboxylic acids is 1. The third-order valence-corrected chi connectivity index (χ3v) is 2.69. The molecule has 0 aliphatic rings. The third-order valence-electron chi connectivity index (χ3n) is 2.69. The molecular formula is C14H16FNO4. The topological polar surface area (TPSA) is 75.6 Å². The summed E-state index contributed by atoms with van der Waals surface area (Å²) in [5, 5.41) is 11.3. The molecule has 0 aliphatic heterocycles.